The molecule has 39 heavy (non-hydrogen) atoms. The molecule has 4 rings (SSSR count). The smallest absolute Gasteiger partial charge is 0.337 e. The number of rotatable bonds is 10. The van der Waals surface area contributed by atoms with E-state index in [0.29, 0.717) is 52.4 Å². The highest BCUT2D eigenvalue weighted by Crippen LogP contribution is 2.38. The molecule has 0 bridgehead atoms. The molecule has 0 saturated carbocycles. The summed E-state index contributed by atoms with van der Waals surface area (Å²) in [5.41, 5.74) is 4.55. The van der Waals surface area contributed by atoms with Crippen LogP contribution in [0.1, 0.15) is 27.9 Å². The Hall–Kier alpha value is -4.15. The van der Waals surface area contributed by atoms with Crippen LogP contribution < -0.4 is 14.9 Å². The van der Waals surface area contributed by atoms with E-state index >= 15 is 0 Å². The van der Waals surface area contributed by atoms with Gasteiger partial charge in [-0.3, -0.25) is 9.10 Å². The normalized spacial score (nSPS) is 14.0. The number of sulfonamides is 1. The summed E-state index contributed by atoms with van der Waals surface area (Å²) in [4.78, 5) is 27.2. The number of benzene rings is 3. The van der Waals surface area contributed by atoms with Crippen molar-refractivity contribution >= 4 is 50.2 Å². The number of nitrogens with zero attached hydrogens (tertiary/aromatic N) is 2. The number of hydrogen-bond donors (Lipinski definition) is 2. The van der Waals surface area contributed by atoms with E-state index in [9.17, 15) is 18.0 Å². The number of carbonyl (C=O) groups is 2. The summed E-state index contributed by atoms with van der Waals surface area (Å²) >= 11 is 0. The summed E-state index contributed by atoms with van der Waals surface area (Å²) < 4.78 is 31.2. The highest BCUT2D eigenvalue weighted by atomic mass is 32.2. The van der Waals surface area contributed by atoms with Gasteiger partial charge in [0.1, 0.15) is 0 Å². The molecule has 0 aromatic heterocycles. The van der Waals surface area contributed by atoms with E-state index in [1.54, 1.807) is 42.5 Å². The summed E-state index contributed by atoms with van der Waals surface area (Å²) in [5, 5.41) is 6.22. The van der Waals surface area contributed by atoms with Gasteiger partial charge in [-0.25, -0.2) is 13.2 Å². The maximum Gasteiger partial charge on any atom is 0.337 e. The van der Waals surface area contributed by atoms with Gasteiger partial charge in [0.25, 0.3) is 5.91 Å². The van der Waals surface area contributed by atoms with Crippen molar-refractivity contribution in [2.45, 2.75) is 6.42 Å². The lowest BCUT2D eigenvalue weighted by Gasteiger charge is -2.23. The molecular weight excluding hydrogens is 516 g/mol. The third-order valence-electron chi connectivity index (χ3n) is 6.29. The zero-order valence-electron chi connectivity index (χ0n) is 22.4. The Morgan fingerprint density at radius 2 is 1.64 bits per heavy atom. The van der Waals surface area contributed by atoms with Crippen LogP contribution in [-0.4, -0.2) is 65.7 Å². The van der Waals surface area contributed by atoms with Gasteiger partial charge in [-0.05, 0) is 69.0 Å². The van der Waals surface area contributed by atoms with Gasteiger partial charge in [-0.1, -0.05) is 36.4 Å². The monoisotopic (exact) mass is 548 g/mol. The lowest BCUT2D eigenvalue weighted by Crippen LogP contribution is -2.32. The van der Waals surface area contributed by atoms with Gasteiger partial charge < -0.3 is 20.3 Å². The molecule has 1 aliphatic heterocycles. The minimum absolute atomic E-state index is 0.306. The highest BCUT2D eigenvalue weighted by Gasteiger charge is 2.29. The molecule has 0 saturated heterocycles. The first kappa shape index (κ1) is 27.9. The zero-order valence-corrected chi connectivity index (χ0v) is 23.2. The molecule has 3 aromatic carbocycles. The Balaban J connectivity index is 1.70. The number of esters is 1. The first-order chi connectivity index (χ1) is 18.6. The summed E-state index contributed by atoms with van der Waals surface area (Å²) in [7, 11) is 1.74. The number of carbonyl (C=O) groups excluding carboxylic acids is 2. The molecule has 1 heterocycles. The van der Waals surface area contributed by atoms with Crippen molar-refractivity contribution in [2.75, 3.05) is 55.5 Å². The van der Waals surface area contributed by atoms with E-state index in [-0.39, 0.29) is 5.91 Å². The molecule has 0 fully saturated rings. The SMILES string of the molecule is COC(=O)c1ccc2c(c1)NC(=O)/C2=C(/Nc1ccc(N(CCCN(C)C)S(C)(=O)=O)cc1)c1ccccc1. The van der Waals surface area contributed by atoms with Crippen LogP contribution in [0, 0.1) is 0 Å². The minimum Gasteiger partial charge on any atom is -0.465 e. The predicted octanol–water partition coefficient (Wildman–Crippen LogP) is 4.12. The number of hydrogen-bond acceptors (Lipinski definition) is 7. The van der Waals surface area contributed by atoms with Crippen molar-refractivity contribution in [1.82, 2.24) is 4.90 Å². The average Bonchev–Trinajstić information content (AvgIpc) is 3.24. The van der Waals surface area contributed by atoms with E-state index in [4.69, 9.17) is 4.74 Å². The van der Waals surface area contributed by atoms with E-state index in [1.165, 1.54) is 17.7 Å². The Labute approximate surface area is 229 Å². The van der Waals surface area contributed by atoms with Crippen LogP contribution in [0.2, 0.25) is 0 Å². The minimum atomic E-state index is -3.46. The molecule has 10 heteroatoms. The van der Waals surface area contributed by atoms with Gasteiger partial charge in [0.2, 0.25) is 10.0 Å². The van der Waals surface area contributed by atoms with Crippen molar-refractivity contribution in [1.29, 1.82) is 0 Å². The number of nitrogens with one attached hydrogen (secondary N) is 2. The molecule has 0 aliphatic carbocycles. The van der Waals surface area contributed by atoms with Crippen LogP contribution >= 0.6 is 0 Å². The van der Waals surface area contributed by atoms with Crippen LogP contribution in [0.25, 0.3) is 11.3 Å². The number of anilines is 3. The van der Waals surface area contributed by atoms with E-state index in [1.807, 2.05) is 49.3 Å². The lowest BCUT2D eigenvalue weighted by atomic mass is 9.99. The Kier molecular flexibility index (Phi) is 8.37. The number of fused-ring (bicyclic) bond motifs is 1. The number of ether oxygens (including phenoxy) is 1. The van der Waals surface area contributed by atoms with Crippen LogP contribution in [0.4, 0.5) is 17.1 Å². The quantitative estimate of drug-likeness (QED) is 0.290. The second-order valence-electron chi connectivity index (χ2n) is 9.49. The molecule has 0 atom stereocenters. The fourth-order valence-corrected chi connectivity index (χ4v) is 5.39. The molecule has 0 unspecified atom stereocenters. The average molecular weight is 549 g/mol. The summed E-state index contributed by atoms with van der Waals surface area (Å²) in [5.74, 6) is -0.796. The third kappa shape index (κ3) is 6.47. The standard InChI is InChI=1S/C29H32N4O5S/c1-32(2)17-8-18-33(39(4,36)37)23-14-12-22(13-15-23)30-27(20-9-6-5-7-10-20)26-24-16-11-21(29(35)38-3)19-25(24)31-28(26)34/h5-7,9-16,19,30H,8,17-18H2,1-4H3,(H,31,34)/b27-26+. The topological polar surface area (TPSA) is 108 Å². The maximum absolute atomic E-state index is 13.2. The van der Waals surface area contributed by atoms with E-state index < -0.39 is 16.0 Å². The zero-order chi connectivity index (χ0) is 28.2. The second-order valence-corrected chi connectivity index (χ2v) is 11.4. The van der Waals surface area contributed by atoms with Crippen molar-refractivity contribution in [3.8, 4) is 0 Å². The Morgan fingerprint density at radius 3 is 2.26 bits per heavy atom. The van der Waals surface area contributed by atoms with Gasteiger partial charge in [-0.15, -0.1) is 0 Å². The van der Waals surface area contributed by atoms with Crippen LogP contribution in [0.15, 0.2) is 72.8 Å². The molecule has 0 spiro atoms. The fourth-order valence-electron chi connectivity index (χ4n) is 4.42. The Bertz CT molecular complexity index is 1500. The highest BCUT2D eigenvalue weighted by molar-refractivity contribution is 7.92. The molecule has 9 nitrogen and oxygen atoms in total. The van der Waals surface area contributed by atoms with Gasteiger partial charge in [0.05, 0.1) is 41.6 Å². The van der Waals surface area contributed by atoms with Gasteiger partial charge in [0, 0.05) is 17.8 Å². The molecular formula is C29H32N4O5S. The van der Waals surface area contributed by atoms with Crippen LogP contribution in [0.3, 0.4) is 0 Å². The van der Waals surface area contributed by atoms with Crippen molar-refractivity contribution in [3.05, 3.63) is 89.5 Å². The predicted molar refractivity (Wildman–Crippen MR) is 155 cm³/mol. The van der Waals surface area contributed by atoms with Crippen LogP contribution in [0.5, 0.6) is 0 Å². The summed E-state index contributed by atoms with van der Waals surface area (Å²) in [6, 6.07) is 21.5. The largest absolute Gasteiger partial charge is 0.465 e. The molecule has 204 valence electrons. The molecule has 1 amide bonds. The van der Waals surface area contributed by atoms with Crippen LogP contribution in [-0.2, 0) is 19.6 Å². The van der Waals surface area contributed by atoms with Gasteiger partial charge in [0.15, 0.2) is 0 Å². The van der Waals surface area contributed by atoms with Crippen molar-refractivity contribution < 1.29 is 22.7 Å². The first-order valence-corrected chi connectivity index (χ1v) is 14.3. The van der Waals surface area contributed by atoms with E-state index in [2.05, 4.69) is 10.6 Å². The van der Waals surface area contributed by atoms with E-state index in [0.717, 1.165) is 12.1 Å². The third-order valence-corrected chi connectivity index (χ3v) is 7.48. The summed E-state index contributed by atoms with van der Waals surface area (Å²) in [6.45, 7) is 1.14. The number of methoxy groups -OCH3 is 1. The first-order valence-electron chi connectivity index (χ1n) is 12.4. The summed E-state index contributed by atoms with van der Waals surface area (Å²) in [6.07, 6.45) is 1.89. The van der Waals surface area contributed by atoms with Crippen molar-refractivity contribution in [2.24, 2.45) is 0 Å². The maximum atomic E-state index is 13.2. The molecule has 1 aliphatic rings. The number of amides is 1. The lowest BCUT2D eigenvalue weighted by molar-refractivity contribution is -0.110. The molecule has 3 aromatic rings. The molecule has 0 radical (unpaired) electrons. The van der Waals surface area contributed by atoms with Crippen molar-refractivity contribution in [3.63, 3.8) is 0 Å². The van der Waals surface area contributed by atoms with Gasteiger partial charge >= 0.3 is 5.97 Å². The Morgan fingerprint density at radius 1 is 0.949 bits per heavy atom. The molecule has 2 N–H and O–H groups in total. The second kappa shape index (κ2) is 11.7. The van der Waals surface area contributed by atoms with Gasteiger partial charge in [-0.2, -0.15) is 0 Å². The fraction of sp³-hybridized carbons (Fsp3) is 0.241.